The Bertz CT molecular complexity index is 479. The molecule has 4 heteroatoms. The molecule has 0 amide bonds. The molecular weight excluding hydrogens is 236 g/mol. The van der Waals surface area contributed by atoms with E-state index in [1.165, 1.54) is 0 Å². The first kappa shape index (κ1) is 12.3. The molecule has 1 aromatic rings. The van der Waals surface area contributed by atoms with Crippen LogP contribution in [0.4, 0.5) is 5.82 Å². The molecule has 0 aromatic carbocycles. The maximum Gasteiger partial charge on any atom is 0.128 e. The average molecular weight is 256 g/mol. The number of pyridine rings is 1. The molecule has 2 aliphatic rings. The van der Waals surface area contributed by atoms with Crippen LogP contribution in [0.15, 0.2) is 18.2 Å². The summed E-state index contributed by atoms with van der Waals surface area (Å²) in [6.07, 6.45) is 5.42. The van der Waals surface area contributed by atoms with Crippen molar-refractivity contribution in [2.75, 3.05) is 44.2 Å². The van der Waals surface area contributed by atoms with Crippen molar-refractivity contribution in [2.45, 2.75) is 13.0 Å². The first-order valence-corrected chi connectivity index (χ1v) is 6.90. The Hall–Kier alpha value is -1.73. The molecule has 0 atom stereocenters. The van der Waals surface area contributed by atoms with E-state index in [4.69, 9.17) is 6.42 Å². The van der Waals surface area contributed by atoms with Gasteiger partial charge in [0, 0.05) is 57.0 Å². The van der Waals surface area contributed by atoms with Crippen LogP contribution in [-0.4, -0.2) is 60.1 Å². The number of aryl methyl sites for hydroxylation is 1. The van der Waals surface area contributed by atoms with Gasteiger partial charge in [-0.25, -0.2) is 4.98 Å². The number of aromatic nitrogens is 1. The molecule has 0 bridgehead atoms. The van der Waals surface area contributed by atoms with Gasteiger partial charge in [-0.3, -0.25) is 4.90 Å². The third-order valence-corrected chi connectivity index (χ3v) is 4.07. The van der Waals surface area contributed by atoms with Crippen LogP contribution in [0.2, 0.25) is 0 Å². The number of hydrogen-bond donors (Lipinski definition) is 0. The topological polar surface area (TPSA) is 22.6 Å². The summed E-state index contributed by atoms with van der Waals surface area (Å²) >= 11 is 0. The Morgan fingerprint density at radius 2 is 1.95 bits per heavy atom. The first-order chi connectivity index (χ1) is 9.26. The van der Waals surface area contributed by atoms with E-state index in [-0.39, 0.29) is 0 Å². The summed E-state index contributed by atoms with van der Waals surface area (Å²) in [5.41, 5.74) is 1.09. The quantitative estimate of drug-likeness (QED) is 0.730. The highest BCUT2D eigenvalue weighted by Gasteiger charge is 2.33. The second kappa shape index (κ2) is 5.10. The van der Waals surface area contributed by atoms with Gasteiger partial charge in [0.1, 0.15) is 5.82 Å². The van der Waals surface area contributed by atoms with Crippen LogP contribution in [0.1, 0.15) is 5.69 Å². The molecule has 3 rings (SSSR count). The van der Waals surface area contributed by atoms with E-state index < -0.39 is 0 Å². The Labute approximate surface area is 115 Å². The number of piperazine rings is 1. The zero-order chi connectivity index (χ0) is 13.2. The summed E-state index contributed by atoms with van der Waals surface area (Å²) < 4.78 is 0. The third-order valence-electron chi connectivity index (χ3n) is 4.07. The van der Waals surface area contributed by atoms with Gasteiger partial charge < -0.3 is 9.80 Å². The minimum atomic E-state index is 0.669. The Balaban J connectivity index is 1.52. The van der Waals surface area contributed by atoms with E-state index in [0.717, 1.165) is 50.8 Å². The van der Waals surface area contributed by atoms with E-state index in [0.29, 0.717) is 6.04 Å². The lowest BCUT2D eigenvalue weighted by Gasteiger charge is -2.48. The predicted molar refractivity (Wildman–Crippen MR) is 77.0 cm³/mol. The molecule has 0 spiro atoms. The predicted octanol–water partition coefficient (Wildman–Crippen LogP) is 0.787. The van der Waals surface area contributed by atoms with Crippen LogP contribution in [0.25, 0.3) is 0 Å². The summed E-state index contributed by atoms with van der Waals surface area (Å²) in [7, 11) is 0. The molecular formula is C15H20N4. The molecule has 3 heterocycles. The highest BCUT2D eigenvalue weighted by atomic mass is 15.4. The Morgan fingerprint density at radius 1 is 1.21 bits per heavy atom. The summed E-state index contributed by atoms with van der Waals surface area (Å²) in [6, 6.07) is 9.61. The fourth-order valence-corrected chi connectivity index (χ4v) is 2.79. The van der Waals surface area contributed by atoms with Crippen molar-refractivity contribution in [3.05, 3.63) is 23.9 Å². The maximum absolute atomic E-state index is 5.42. The van der Waals surface area contributed by atoms with Crippen LogP contribution >= 0.6 is 0 Å². The van der Waals surface area contributed by atoms with E-state index in [9.17, 15) is 0 Å². The maximum atomic E-state index is 5.42. The van der Waals surface area contributed by atoms with E-state index in [2.05, 4.69) is 37.9 Å². The van der Waals surface area contributed by atoms with Crippen molar-refractivity contribution >= 4 is 5.82 Å². The molecule has 0 N–H and O–H groups in total. The molecule has 19 heavy (non-hydrogen) atoms. The first-order valence-electron chi connectivity index (χ1n) is 6.90. The van der Waals surface area contributed by atoms with Crippen molar-refractivity contribution in [1.29, 1.82) is 0 Å². The molecule has 2 fully saturated rings. The van der Waals surface area contributed by atoms with E-state index >= 15 is 0 Å². The molecule has 4 nitrogen and oxygen atoms in total. The smallest absolute Gasteiger partial charge is 0.128 e. The van der Waals surface area contributed by atoms with Crippen LogP contribution < -0.4 is 4.90 Å². The van der Waals surface area contributed by atoms with Gasteiger partial charge in [-0.15, -0.1) is 0 Å². The molecule has 0 unspecified atom stereocenters. The highest BCUT2D eigenvalue weighted by Crippen LogP contribution is 2.22. The summed E-state index contributed by atoms with van der Waals surface area (Å²) in [6.45, 7) is 8.39. The van der Waals surface area contributed by atoms with E-state index in [1.807, 2.05) is 13.0 Å². The van der Waals surface area contributed by atoms with Gasteiger partial charge in [0.05, 0.1) is 0 Å². The highest BCUT2D eigenvalue weighted by molar-refractivity contribution is 5.43. The summed E-state index contributed by atoms with van der Waals surface area (Å²) in [5, 5.41) is 0. The van der Waals surface area contributed by atoms with Crippen LogP contribution in [-0.2, 0) is 0 Å². The fraction of sp³-hybridized carbons (Fsp3) is 0.533. The molecule has 1 aromatic heterocycles. The number of nitrogens with zero attached hydrogens (tertiary/aromatic N) is 4. The molecule has 100 valence electrons. The third kappa shape index (κ3) is 2.52. The monoisotopic (exact) mass is 256 g/mol. The molecule has 0 radical (unpaired) electrons. The summed E-state index contributed by atoms with van der Waals surface area (Å²) in [4.78, 5) is 11.5. The number of rotatable bonds is 2. The summed E-state index contributed by atoms with van der Waals surface area (Å²) in [5.74, 6) is 1.11. The normalized spacial score (nSPS) is 21.1. The minimum absolute atomic E-state index is 0.669. The minimum Gasteiger partial charge on any atom is -0.353 e. The van der Waals surface area contributed by atoms with Gasteiger partial charge in [-0.2, -0.15) is 0 Å². The van der Waals surface area contributed by atoms with Crippen LogP contribution in [0.3, 0.4) is 0 Å². The van der Waals surface area contributed by atoms with Crippen molar-refractivity contribution in [3.8, 4) is 12.5 Å². The van der Waals surface area contributed by atoms with Gasteiger partial charge in [-0.05, 0) is 19.1 Å². The zero-order valence-corrected chi connectivity index (χ0v) is 11.4. The van der Waals surface area contributed by atoms with Crippen molar-refractivity contribution in [2.24, 2.45) is 0 Å². The lowest BCUT2D eigenvalue weighted by molar-refractivity contribution is 0.109. The van der Waals surface area contributed by atoms with Crippen LogP contribution in [0, 0.1) is 19.4 Å². The van der Waals surface area contributed by atoms with Crippen molar-refractivity contribution in [3.63, 3.8) is 0 Å². The van der Waals surface area contributed by atoms with E-state index in [1.54, 1.807) is 0 Å². The van der Waals surface area contributed by atoms with Gasteiger partial charge in [0.15, 0.2) is 0 Å². The van der Waals surface area contributed by atoms with Gasteiger partial charge >= 0.3 is 0 Å². The molecule has 0 aliphatic carbocycles. The number of terminal acetylenes is 1. The standard InChI is InChI=1S/C15H20N4/c1-3-17-7-9-18(10-8-17)14-11-19(12-14)15-6-4-5-13(2)16-15/h1,4-6,14H,7-12H2,2H3. The fourth-order valence-electron chi connectivity index (χ4n) is 2.79. The van der Waals surface area contributed by atoms with Crippen molar-refractivity contribution in [1.82, 2.24) is 14.8 Å². The SMILES string of the molecule is C#CN1CCN(C2CN(c3cccc(C)n3)C2)CC1. The molecule has 2 saturated heterocycles. The lowest BCUT2D eigenvalue weighted by Crippen LogP contribution is -2.63. The van der Waals surface area contributed by atoms with Gasteiger partial charge in [0.2, 0.25) is 0 Å². The average Bonchev–Trinajstić information content (AvgIpc) is 2.38. The van der Waals surface area contributed by atoms with Gasteiger partial charge in [-0.1, -0.05) is 12.5 Å². The molecule has 2 aliphatic heterocycles. The van der Waals surface area contributed by atoms with Crippen molar-refractivity contribution < 1.29 is 0 Å². The Morgan fingerprint density at radius 3 is 2.58 bits per heavy atom. The van der Waals surface area contributed by atoms with Gasteiger partial charge in [0.25, 0.3) is 0 Å². The molecule has 0 saturated carbocycles. The lowest BCUT2D eigenvalue weighted by atomic mass is 10.1. The van der Waals surface area contributed by atoms with Crippen LogP contribution in [0.5, 0.6) is 0 Å². The largest absolute Gasteiger partial charge is 0.353 e. The second-order valence-corrected chi connectivity index (χ2v) is 5.35. The number of hydrogen-bond acceptors (Lipinski definition) is 4. The number of anilines is 1. The Kier molecular flexibility index (Phi) is 3.31. The zero-order valence-electron chi connectivity index (χ0n) is 11.4. The second-order valence-electron chi connectivity index (χ2n) is 5.35.